The van der Waals surface area contributed by atoms with Gasteiger partial charge in [-0.05, 0) is 36.8 Å². The number of carbonyl (C=O) groups is 1. The van der Waals surface area contributed by atoms with Gasteiger partial charge in [0.1, 0.15) is 0 Å². The topological polar surface area (TPSA) is 40.5 Å². The van der Waals surface area contributed by atoms with Gasteiger partial charge < -0.3 is 10.0 Å². The average molecular weight is 259 g/mol. The van der Waals surface area contributed by atoms with Gasteiger partial charge >= 0.3 is 0 Å². The molecule has 0 radical (unpaired) electrons. The fourth-order valence-electron chi connectivity index (χ4n) is 2.40. The molecule has 2 rings (SSSR count). The smallest absolute Gasteiger partial charge is 0.246 e. The van der Waals surface area contributed by atoms with Gasteiger partial charge in [-0.15, -0.1) is 0 Å². The van der Waals surface area contributed by atoms with Gasteiger partial charge in [-0.25, -0.2) is 0 Å². The second kappa shape index (κ2) is 6.53. The number of piperidine rings is 1. The highest BCUT2D eigenvalue weighted by atomic mass is 16.3. The zero-order valence-corrected chi connectivity index (χ0v) is 11.4. The number of amides is 1. The lowest BCUT2D eigenvalue weighted by Crippen LogP contribution is -2.38. The second-order valence-electron chi connectivity index (χ2n) is 5.14. The van der Waals surface area contributed by atoms with Crippen molar-refractivity contribution in [3.8, 4) is 0 Å². The Bertz CT molecular complexity index is 445. The van der Waals surface area contributed by atoms with Crippen LogP contribution in [0.3, 0.4) is 0 Å². The number of likely N-dealkylation sites (tertiary alicyclic amines) is 1. The maximum atomic E-state index is 12.2. The molecule has 3 heteroatoms. The number of carbonyl (C=O) groups excluding carboxylic acids is 1. The molecule has 0 bridgehead atoms. The third-order valence-corrected chi connectivity index (χ3v) is 3.75. The van der Waals surface area contributed by atoms with E-state index in [1.54, 1.807) is 6.08 Å². The Labute approximate surface area is 114 Å². The molecule has 1 aliphatic rings. The summed E-state index contributed by atoms with van der Waals surface area (Å²) in [5.74, 6) is 0.445. The van der Waals surface area contributed by atoms with Crippen molar-refractivity contribution in [1.82, 2.24) is 4.90 Å². The van der Waals surface area contributed by atoms with Crippen molar-refractivity contribution in [1.29, 1.82) is 0 Å². The van der Waals surface area contributed by atoms with Crippen LogP contribution in [0.15, 0.2) is 36.4 Å². The minimum Gasteiger partial charge on any atom is -0.396 e. The van der Waals surface area contributed by atoms with Crippen LogP contribution in [0.25, 0.3) is 5.57 Å². The summed E-state index contributed by atoms with van der Waals surface area (Å²) in [6.45, 7) is 3.71. The summed E-state index contributed by atoms with van der Waals surface area (Å²) in [6.07, 6.45) is 3.52. The molecule has 3 nitrogen and oxygen atoms in total. The summed E-state index contributed by atoms with van der Waals surface area (Å²) < 4.78 is 0. The fourth-order valence-corrected chi connectivity index (χ4v) is 2.40. The molecule has 1 fully saturated rings. The third-order valence-electron chi connectivity index (χ3n) is 3.75. The monoisotopic (exact) mass is 259 g/mol. The number of rotatable bonds is 3. The van der Waals surface area contributed by atoms with Gasteiger partial charge in [-0.3, -0.25) is 4.79 Å². The van der Waals surface area contributed by atoms with Crippen LogP contribution in [-0.4, -0.2) is 35.6 Å². The summed E-state index contributed by atoms with van der Waals surface area (Å²) in [6, 6.07) is 9.94. The number of hydrogen-bond donors (Lipinski definition) is 1. The molecule has 0 spiro atoms. The van der Waals surface area contributed by atoms with Gasteiger partial charge in [0.05, 0.1) is 0 Å². The van der Waals surface area contributed by atoms with Crippen molar-refractivity contribution in [2.24, 2.45) is 5.92 Å². The summed E-state index contributed by atoms with van der Waals surface area (Å²) in [7, 11) is 0. The molecule has 0 aliphatic carbocycles. The Kier molecular flexibility index (Phi) is 4.74. The van der Waals surface area contributed by atoms with Gasteiger partial charge in [0.2, 0.25) is 5.91 Å². The van der Waals surface area contributed by atoms with E-state index in [2.05, 4.69) is 0 Å². The minimum atomic E-state index is 0.0812. The van der Waals surface area contributed by atoms with Crippen molar-refractivity contribution in [2.45, 2.75) is 19.8 Å². The third kappa shape index (κ3) is 3.67. The van der Waals surface area contributed by atoms with E-state index >= 15 is 0 Å². The first-order chi connectivity index (χ1) is 9.20. The number of allylic oxidation sites excluding steroid dienone is 1. The second-order valence-corrected chi connectivity index (χ2v) is 5.14. The molecule has 1 saturated heterocycles. The molecule has 19 heavy (non-hydrogen) atoms. The van der Waals surface area contributed by atoms with E-state index in [4.69, 9.17) is 5.11 Å². The van der Waals surface area contributed by atoms with Crippen molar-refractivity contribution < 1.29 is 9.90 Å². The Morgan fingerprint density at radius 2 is 1.95 bits per heavy atom. The molecule has 1 aromatic rings. The SMILES string of the molecule is C/C(=C/C(=O)N1CCC(CO)CC1)c1ccccc1. The van der Waals surface area contributed by atoms with Gasteiger partial charge in [-0.1, -0.05) is 30.3 Å². The van der Waals surface area contributed by atoms with E-state index in [1.807, 2.05) is 42.2 Å². The largest absolute Gasteiger partial charge is 0.396 e. The Balaban J connectivity index is 1.97. The van der Waals surface area contributed by atoms with Crippen LogP contribution in [0.1, 0.15) is 25.3 Å². The lowest BCUT2D eigenvalue weighted by Gasteiger charge is -2.30. The predicted octanol–water partition coefficient (Wildman–Crippen LogP) is 2.32. The van der Waals surface area contributed by atoms with E-state index in [0.717, 1.165) is 37.1 Å². The molecule has 1 N–H and O–H groups in total. The van der Waals surface area contributed by atoms with E-state index in [-0.39, 0.29) is 12.5 Å². The van der Waals surface area contributed by atoms with Crippen LogP contribution in [0.4, 0.5) is 0 Å². The van der Waals surface area contributed by atoms with Crippen molar-refractivity contribution in [3.05, 3.63) is 42.0 Å². The van der Waals surface area contributed by atoms with E-state index in [0.29, 0.717) is 5.92 Å². The predicted molar refractivity (Wildman–Crippen MR) is 76.5 cm³/mol. The molecule has 1 aromatic carbocycles. The van der Waals surface area contributed by atoms with Crippen molar-refractivity contribution in [3.63, 3.8) is 0 Å². The lowest BCUT2D eigenvalue weighted by molar-refractivity contribution is -0.127. The molecular weight excluding hydrogens is 238 g/mol. The first kappa shape index (κ1) is 13.8. The molecule has 0 aromatic heterocycles. The molecular formula is C16H21NO2. The fraction of sp³-hybridized carbons (Fsp3) is 0.438. The summed E-state index contributed by atoms with van der Waals surface area (Å²) in [5.41, 5.74) is 2.08. The zero-order valence-electron chi connectivity index (χ0n) is 11.4. The van der Waals surface area contributed by atoms with Crippen molar-refractivity contribution >= 4 is 11.5 Å². The van der Waals surface area contributed by atoms with Gasteiger partial charge in [0.25, 0.3) is 0 Å². The molecule has 1 amide bonds. The Morgan fingerprint density at radius 1 is 1.32 bits per heavy atom. The van der Waals surface area contributed by atoms with Crippen LogP contribution >= 0.6 is 0 Å². The quantitative estimate of drug-likeness (QED) is 0.846. The molecule has 0 atom stereocenters. The number of aliphatic hydroxyl groups excluding tert-OH is 1. The van der Waals surface area contributed by atoms with Gasteiger partial charge in [-0.2, -0.15) is 0 Å². The minimum absolute atomic E-state index is 0.0812. The number of benzene rings is 1. The highest BCUT2D eigenvalue weighted by molar-refractivity contribution is 5.94. The highest BCUT2D eigenvalue weighted by Crippen LogP contribution is 2.18. The van der Waals surface area contributed by atoms with Crippen molar-refractivity contribution in [2.75, 3.05) is 19.7 Å². The normalized spacial score (nSPS) is 17.6. The van der Waals surface area contributed by atoms with Crippen LogP contribution in [0, 0.1) is 5.92 Å². The van der Waals surface area contributed by atoms with Crippen LogP contribution < -0.4 is 0 Å². The number of hydrogen-bond acceptors (Lipinski definition) is 2. The maximum absolute atomic E-state index is 12.2. The zero-order chi connectivity index (χ0) is 13.7. The molecule has 0 unspecified atom stereocenters. The van der Waals surface area contributed by atoms with E-state index < -0.39 is 0 Å². The van der Waals surface area contributed by atoms with Crippen LogP contribution in [0.5, 0.6) is 0 Å². The highest BCUT2D eigenvalue weighted by Gasteiger charge is 2.21. The maximum Gasteiger partial charge on any atom is 0.246 e. The van der Waals surface area contributed by atoms with Crippen LogP contribution in [0.2, 0.25) is 0 Å². The molecule has 102 valence electrons. The Morgan fingerprint density at radius 3 is 2.53 bits per heavy atom. The average Bonchev–Trinajstić information content (AvgIpc) is 2.48. The van der Waals surface area contributed by atoms with Gasteiger partial charge in [0, 0.05) is 25.8 Å². The van der Waals surface area contributed by atoms with Gasteiger partial charge in [0.15, 0.2) is 0 Å². The van der Waals surface area contributed by atoms with Crippen LogP contribution in [-0.2, 0) is 4.79 Å². The lowest BCUT2D eigenvalue weighted by atomic mass is 9.97. The first-order valence-electron chi connectivity index (χ1n) is 6.84. The summed E-state index contributed by atoms with van der Waals surface area (Å²) in [5, 5.41) is 9.09. The van der Waals surface area contributed by atoms with E-state index in [1.165, 1.54) is 0 Å². The number of nitrogens with zero attached hydrogens (tertiary/aromatic N) is 1. The summed E-state index contributed by atoms with van der Waals surface area (Å²) >= 11 is 0. The molecule has 1 heterocycles. The Hall–Kier alpha value is -1.61. The first-order valence-corrected chi connectivity index (χ1v) is 6.84. The van der Waals surface area contributed by atoms with E-state index in [9.17, 15) is 4.79 Å². The standard InChI is InChI=1S/C16H21NO2/c1-13(15-5-3-2-4-6-15)11-16(19)17-9-7-14(12-18)8-10-17/h2-6,11,14,18H,7-10,12H2,1H3/b13-11-. The summed E-state index contributed by atoms with van der Waals surface area (Å²) in [4.78, 5) is 14.0. The molecule has 1 aliphatic heterocycles. The molecule has 0 saturated carbocycles. The number of aliphatic hydroxyl groups is 1.